The van der Waals surface area contributed by atoms with Crippen LogP contribution in [0.2, 0.25) is 0 Å². The summed E-state index contributed by atoms with van der Waals surface area (Å²) in [6, 6.07) is 6.34. The van der Waals surface area contributed by atoms with E-state index < -0.39 is 9.84 Å². The third-order valence-corrected chi connectivity index (χ3v) is 4.46. The Bertz CT molecular complexity index is 576. The molecule has 1 aromatic rings. The van der Waals surface area contributed by atoms with Crippen LogP contribution < -0.4 is 10.5 Å². The fourth-order valence-electron chi connectivity index (χ4n) is 1.70. The summed E-state index contributed by atoms with van der Waals surface area (Å²) in [4.78, 5) is 0. The van der Waals surface area contributed by atoms with Crippen molar-refractivity contribution < 1.29 is 13.2 Å². The quantitative estimate of drug-likeness (QED) is 0.846. The minimum atomic E-state index is -3.32. The van der Waals surface area contributed by atoms with E-state index in [9.17, 15) is 8.42 Å². The highest BCUT2D eigenvalue weighted by Gasteiger charge is 2.18. The number of nitrogens with two attached hydrogens (primary N) is 1. The average molecular weight is 282 g/mol. The van der Waals surface area contributed by atoms with Crippen molar-refractivity contribution in [3.8, 4) is 11.8 Å². The minimum Gasteiger partial charge on any atom is -0.496 e. The summed E-state index contributed by atoms with van der Waals surface area (Å²) in [5.74, 6) is 0.232. The van der Waals surface area contributed by atoms with Crippen molar-refractivity contribution in [3.63, 3.8) is 0 Å². The molecular weight excluding hydrogens is 264 g/mol. The topological polar surface area (TPSA) is 93.2 Å². The molecule has 1 atom stereocenters. The van der Waals surface area contributed by atoms with E-state index in [1.165, 1.54) is 13.2 Å². The molecule has 0 spiro atoms. The Morgan fingerprint density at radius 2 is 2.16 bits per heavy atom. The Kier molecular flexibility index (Phi) is 5.33. The molecule has 6 heteroatoms. The van der Waals surface area contributed by atoms with Crippen molar-refractivity contribution in [2.75, 3.05) is 12.9 Å². The van der Waals surface area contributed by atoms with E-state index in [0.717, 1.165) is 0 Å². The first-order valence-electron chi connectivity index (χ1n) is 5.95. The molecule has 1 unspecified atom stereocenters. The number of hydrogen-bond donors (Lipinski definition) is 1. The Labute approximate surface area is 113 Å². The second-order valence-corrected chi connectivity index (χ2v) is 6.47. The highest BCUT2D eigenvalue weighted by atomic mass is 32.2. The normalized spacial score (nSPS) is 12.7. The maximum Gasteiger partial charge on any atom is 0.156 e. The predicted molar refractivity (Wildman–Crippen MR) is 73.5 cm³/mol. The van der Waals surface area contributed by atoms with Crippen molar-refractivity contribution in [2.45, 2.75) is 25.1 Å². The summed E-state index contributed by atoms with van der Waals surface area (Å²) in [6.45, 7) is 1.84. The molecule has 0 aliphatic rings. The largest absolute Gasteiger partial charge is 0.496 e. The fourth-order valence-corrected chi connectivity index (χ4v) is 3.41. The van der Waals surface area contributed by atoms with Gasteiger partial charge < -0.3 is 10.5 Å². The molecule has 1 rings (SSSR count). The van der Waals surface area contributed by atoms with Gasteiger partial charge in [0.1, 0.15) is 5.75 Å². The number of rotatable bonds is 6. The lowest BCUT2D eigenvalue weighted by atomic mass is 10.1. The summed E-state index contributed by atoms with van der Waals surface area (Å²) < 4.78 is 29.2. The zero-order valence-electron chi connectivity index (χ0n) is 11.1. The van der Waals surface area contributed by atoms with Crippen LogP contribution in [0.1, 0.15) is 24.5 Å². The van der Waals surface area contributed by atoms with Crippen molar-refractivity contribution in [2.24, 2.45) is 5.73 Å². The van der Waals surface area contributed by atoms with Crippen LogP contribution in [0.3, 0.4) is 0 Å². The number of ether oxygens (including phenoxy) is 1. The minimum absolute atomic E-state index is 0.0660. The zero-order valence-corrected chi connectivity index (χ0v) is 11.9. The Morgan fingerprint density at radius 1 is 1.47 bits per heavy atom. The molecule has 0 bridgehead atoms. The van der Waals surface area contributed by atoms with Crippen LogP contribution in [-0.2, 0) is 15.6 Å². The maximum atomic E-state index is 12.0. The summed E-state index contributed by atoms with van der Waals surface area (Å²) in [5, 5.41) is 8.85. The molecule has 0 saturated heterocycles. The van der Waals surface area contributed by atoms with Crippen LogP contribution in [0.4, 0.5) is 0 Å². The van der Waals surface area contributed by atoms with Gasteiger partial charge in [-0.15, -0.1) is 0 Å². The Morgan fingerprint density at radius 3 is 2.68 bits per heavy atom. The molecule has 0 aromatic heterocycles. The first kappa shape index (κ1) is 15.5. The van der Waals surface area contributed by atoms with E-state index >= 15 is 0 Å². The second-order valence-electron chi connectivity index (χ2n) is 4.36. The lowest BCUT2D eigenvalue weighted by Crippen LogP contribution is -2.29. The fraction of sp³-hybridized carbons (Fsp3) is 0.462. The van der Waals surface area contributed by atoms with E-state index in [2.05, 4.69) is 0 Å². The number of nitriles is 1. The van der Waals surface area contributed by atoms with E-state index in [1.54, 1.807) is 12.1 Å². The van der Waals surface area contributed by atoms with Gasteiger partial charge >= 0.3 is 0 Å². The number of benzene rings is 1. The van der Waals surface area contributed by atoms with Crippen LogP contribution >= 0.6 is 0 Å². The Balaban J connectivity index is 3.01. The SMILES string of the molecule is CCC(N)CS(=O)(=O)Cc1cc(C#N)ccc1OC. The summed E-state index contributed by atoms with van der Waals surface area (Å²) >= 11 is 0. The highest BCUT2D eigenvalue weighted by molar-refractivity contribution is 7.90. The third-order valence-electron chi connectivity index (χ3n) is 2.78. The van der Waals surface area contributed by atoms with Crippen molar-refractivity contribution >= 4 is 9.84 Å². The molecule has 0 heterocycles. The number of hydrogen-bond acceptors (Lipinski definition) is 5. The van der Waals surface area contributed by atoms with Gasteiger partial charge in [-0.25, -0.2) is 8.42 Å². The van der Waals surface area contributed by atoms with Crippen LogP contribution in [0, 0.1) is 11.3 Å². The molecular formula is C13H18N2O3S. The molecule has 0 aliphatic carbocycles. The van der Waals surface area contributed by atoms with Gasteiger partial charge in [-0.1, -0.05) is 6.92 Å². The van der Waals surface area contributed by atoms with Crippen LogP contribution in [0.5, 0.6) is 5.75 Å². The predicted octanol–water partition coefficient (Wildman–Crippen LogP) is 1.22. The summed E-state index contributed by atoms with van der Waals surface area (Å²) in [7, 11) is -1.85. The van der Waals surface area contributed by atoms with E-state index in [-0.39, 0.29) is 17.5 Å². The van der Waals surface area contributed by atoms with Gasteiger partial charge in [0.05, 0.1) is 30.2 Å². The maximum absolute atomic E-state index is 12.0. The molecule has 1 aromatic carbocycles. The number of sulfone groups is 1. The van der Waals surface area contributed by atoms with Crippen LogP contribution in [-0.4, -0.2) is 27.3 Å². The zero-order chi connectivity index (χ0) is 14.5. The van der Waals surface area contributed by atoms with Gasteiger partial charge in [-0.3, -0.25) is 0 Å². The molecule has 5 nitrogen and oxygen atoms in total. The molecule has 0 radical (unpaired) electrons. The average Bonchev–Trinajstić information content (AvgIpc) is 2.37. The van der Waals surface area contributed by atoms with Crippen molar-refractivity contribution in [3.05, 3.63) is 29.3 Å². The van der Waals surface area contributed by atoms with E-state index in [1.807, 2.05) is 13.0 Å². The van der Waals surface area contributed by atoms with Gasteiger partial charge in [0.25, 0.3) is 0 Å². The lowest BCUT2D eigenvalue weighted by molar-refractivity contribution is 0.411. The van der Waals surface area contributed by atoms with Gasteiger partial charge in [0, 0.05) is 11.6 Å². The van der Waals surface area contributed by atoms with Gasteiger partial charge in [0.15, 0.2) is 9.84 Å². The number of methoxy groups -OCH3 is 1. The monoisotopic (exact) mass is 282 g/mol. The molecule has 0 fully saturated rings. The highest BCUT2D eigenvalue weighted by Crippen LogP contribution is 2.22. The first-order valence-corrected chi connectivity index (χ1v) is 7.77. The van der Waals surface area contributed by atoms with Crippen molar-refractivity contribution in [1.82, 2.24) is 0 Å². The van der Waals surface area contributed by atoms with Crippen molar-refractivity contribution in [1.29, 1.82) is 5.26 Å². The van der Waals surface area contributed by atoms with Gasteiger partial charge in [0.2, 0.25) is 0 Å². The molecule has 0 aliphatic heterocycles. The second kappa shape index (κ2) is 6.55. The molecule has 2 N–H and O–H groups in total. The first-order chi connectivity index (χ1) is 8.91. The summed E-state index contributed by atoms with van der Waals surface area (Å²) in [6.07, 6.45) is 0.606. The smallest absolute Gasteiger partial charge is 0.156 e. The van der Waals surface area contributed by atoms with E-state index in [0.29, 0.717) is 23.3 Å². The van der Waals surface area contributed by atoms with E-state index in [4.69, 9.17) is 15.7 Å². The van der Waals surface area contributed by atoms with Gasteiger partial charge in [-0.05, 0) is 24.6 Å². The van der Waals surface area contributed by atoms with Gasteiger partial charge in [-0.2, -0.15) is 5.26 Å². The van der Waals surface area contributed by atoms with Crippen LogP contribution in [0.25, 0.3) is 0 Å². The summed E-state index contributed by atoms with van der Waals surface area (Å²) in [5.41, 5.74) is 6.58. The molecule has 104 valence electrons. The third kappa shape index (κ3) is 4.54. The lowest BCUT2D eigenvalue weighted by Gasteiger charge is -2.12. The van der Waals surface area contributed by atoms with Crippen LogP contribution in [0.15, 0.2) is 18.2 Å². The Hall–Kier alpha value is -1.58. The standard InChI is InChI=1S/C13H18N2O3S/c1-3-12(15)9-19(16,17)8-11-6-10(7-14)4-5-13(11)18-2/h4-6,12H,3,8-9,15H2,1-2H3. The number of nitrogens with zero attached hydrogens (tertiary/aromatic N) is 1. The molecule has 0 amide bonds. The molecule has 0 saturated carbocycles. The molecule has 19 heavy (non-hydrogen) atoms.